The van der Waals surface area contributed by atoms with E-state index in [9.17, 15) is 10.1 Å². The Morgan fingerprint density at radius 3 is 2.67 bits per heavy atom. The molecule has 2 aromatic rings. The van der Waals surface area contributed by atoms with Gasteiger partial charge in [0.2, 0.25) is 5.88 Å². The Kier molecular flexibility index (Phi) is 4.22. The van der Waals surface area contributed by atoms with Crippen LogP contribution < -0.4 is 10.5 Å². The Morgan fingerprint density at radius 2 is 2.08 bits per heavy atom. The van der Waals surface area contributed by atoms with Crippen molar-refractivity contribution in [3.63, 3.8) is 0 Å². The zero-order chi connectivity index (χ0) is 17.4. The van der Waals surface area contributed by atoms with E-state index < -0.39 is 11.9 Å². The Hall–Kier alpha value is -2.49. The first-order chi connectivity index (χ1) is 11.5. The largest absolute Gasteiger partial charge is 0.465 e. The van der Waals surface area contributed by atoms with Gasteiger partial charge in [-0.1, -0.05) is 23.7 Å². The summed E-state index contributed by atoms with van der Waals surface area (Å²) < 4.78 is 10.4. The number of nitriles is 1. The van der Waals surface area contributed by atoms with E-state index in [2.05, 4.69) is 6.07 Å². The Labute approximate surface area is 147 Å². The predicted octanol–water partition coefficient (Wildman–Crippen LogP) is 3.71. The second kappa shape index (κ2) is 6.19. The van der Waals surface area contributed by atoms with Crippen LogP contribution in [0.2, 0.25) is 5.02 Å². The molecule has 1 aromatic carbocycles. The Balaban J connectivity index is 2.24. The summed E-state index contributed by atoms with van der Waals surface area (Å²) in [5, 5.41) is 10.1. The fourth-order valence-electron chi connectivity index (χ4n) is 2.71. The number of benzene rings is 1. The topological polar surface area (TPSA) is 85.3 Å². The van der Waals surface area contributed by atoms with Gasteiger partial charge in [0.15, 0.2) is 5.75 Å². The number of aryl methyl sites for hydroxylation is 1. The molecule has 0 radical (unpaired) electrons. The van der Waals surface area contributed by atoms with Crippen LogP contribution in [-0.4, -0.2) is 13.1 Å². The number of halogens is 1. The molecule has 0 bridgehead atoms. The molecule has 1 atom stereocenters. The van der Waals surface area contributed by atoms with Crippen LogP contribution in [0.15, 0.2) is 35.7 Å². The molecule has 0 amide bonds. The summed E-state index contributed by atoms with van der Waals surface area (Å²) in [5.74, 6) is -0.542. The number of hydrogen-bond acceptors (Lipinski definition) is 6. The number of nitrogens with zero attached hydrogens (tertiary/aromatic N) is 1. The molecule has 0 saturated carbocycles. The van der Waals surface area contributed by atoms with Crippen molar-refractivity contribution in [2.45, 2.75) is 12.8 Å². The lowest BCUT2D eigenvalue weighted by molar-refractivity contribution is 0.0597. The molecule has 3 rings (SSSR count). The minimum Gasteiger partial charge on any atom is -0.465 e. The normalized spacial score (nSPS) is 16.2. The summed E-state index contributed by atoms with van der Waals surface area (Å²) >= 11 is 7.34. The SMILES string of the molecule is COC(=O)c1c(C)sc2c1OC(N)=C(C#N)C2c1ccc(Cl)cc1. The van der Waals surface area contributed by atoms with Crippen molar-refractivity contribution in [1.29, 1.82) is 5.26 Å². The van der Waals surface area contributed by atoms with Crippen molar-refractivity contribution >= 4 is 28.9 Å². The van der Waals surface area contributed by atoms with Gasteiger partial charge in [-0.15, -0.1) is 11.3 Å². The van der Waals surface area contributed by atoms with E-state index in [0.29, 0.717) is 21.9 Å². The highest BCUT2D eigenvalue weighted by Crippen LogP contribution is 2.49. The summed E-state index contributed by atoms with van der Waals surface area (Å²) in [7, 11) is 1.31. The predicted molar refractivity (Wildman–Crippen MR) is 91.1 cm³/mol. The van der Waals surface area contributed by atoms with Gasteiger partial charge in [0, 0.05) is 9.90 Å². The van der Waals surface area contributed by atoms with E-state index in [-0.39, 0.29) is 5.88 Å². The number of carbonyl (C=O) groups excluding carboxylic acids is 1. The first kappa shape index (κ1) is 16.4. The molecular formula is C17H13ClN2O3S. The van der Waals surface area contributed by atoms with Crippen molar-refractivity contribution < 1.29 is 14.3 Å². The summed E-state index contributed by atoms with van der Waals surface area (Å²) in [6, 6.07) is 9.28. The van der Waals surface area contributed by atoms with Gasteiger partial charge in [0.25, 0.3) is 0 Å². The van der Waals surface area contributed by atoms with Crippen LogP contribution in [0.3, 0.4) is 0 Å². The number of rotatable bonds is 2. The molecule has 0 aliphatic carbocycles. The van der Waals surface area contributed by atoms with Crippen LogP contribution >= 0.6 is 22.9 Å². The van der Waals surface area contributed by atoms with Gasteiger partial charge in [0.05, 0.1) is 17.9 Å². The number of fused-ring (bicyclic) bond motifs is 1. The molecule has 24 heavy (non-hydrogen) atoms. The van der Waals surface area contributed by atoms with Crippen molar-refractivity contribution in [2.75, 3.05) is 7.11 Å². The van der Waals surface area contributed by atoms with E-state index in [1.165, 1.54) is 18.4 Å². The highest BCUT2D eigenvalue weighted by molar-refractivity contribution is 7.12. The summed E-state index contributed by atoms with van der Waals surface area (Å²) in [5.41, 5.74) is 7.44. The van der Waals surface area contributed by atoms with Gasteiger partial charge < -0.3 is 15.2 Å². The smallest absolute Gasteiger partial charge is 0.342 e. The zero-order valence-corrected chi connectivity index (χ0v) is 14.5. The van der Waals surface area contributed by atoms with Crippen LogP contribution in [0, 0.1) is 18.3 Å². The molecule has 1 aromatic heterocycles. The second-order valence-electron chi connectivity index (χ2n) is 5.19. The lowest BCUT2D eigenvalue weighted by Crippen LogP contribution is -2.21. The average molecular weight is 361 g/mol. The minimum atomic E-state index is -0.493. The van der Waals surface area contributed by atoms with E-state index in [0.717, 1.165) is 15.3 Å². The summed E-state index contributed by atoms with van der Waals surface area (Å²) in [4.78, 5) is 13.6. The fraction of sp³-hybridized carbons (Fsp3) is 0.176. The molecule has 122 valence electrons. The third-order valence-electron chi connectivity index (χ3n) is 3.81. The maximum absolute atomic E-state index is 12.1. The van der Waals surface area contributed by atoms with Gasteiger partial charge in [-0.05, 0) is 24.6 Å². The number of nitrogens with two attached hydrogens (primary N) is 1. The van der Waals surface area contributed by atoms with Gasteiger partial charge >= 0.3 is 5.97 Å². The van der Waals surface area contributed by atoms with E-state index >= 15 is 0 Å². The van der Waals surface area contributed by atoms with Crippen LogP contribution in [0.4, 0.5) is 0 Å². The quantitative estimate of drug-likeness (QED) is 0.825. The third-order valence-corrected chi connectivity index (χ3v) is 5.21. The molecule has 2 heterocycles. The number of esters is 1. The molecular weight excluding hydrogens is 348 g/mol. The maximum Gasteiger partial charge on any atom is 0.342 e. The molecule has 5 nitrogen and oxygen atoms in total. The fourth-order valence-corrected chi connectivity index (χ4v) is 4.05. The highest BCUT2D eigenvalue weighted by atomic mass is 35.5. The van der Waals surface area contributed by atoms with Gasteiger partial charge in [-0.2, -0.15) is 5.26 Å². The van der Waals surface area contributed by atoms with Gasteiger partial charge in [0.1, 0.15) is 17.2 Å². The number of allylic oxidation sites excluding steroid dienone is 1. The highest BCUT2D eigenvalue weighted by Gasteiger charge is 2.36. The lowest BCUT2D eigenvalue weighted by Gasteiger charge is -2.24. The number of methoxy groups -OCH3 is 1. The van der Waals surface area contributed by atoms with Crippen molar-refractivity contribution in [3.8, 4) is 11.8 Å². The first-order valence-corrected chi connectivity index (χ1v) is 8.22. The van der Waals surface area contributed by atoms with Crippen molar-refractivity contribution in [3.05, 3.63) is 61.6 Å². The van der Waals surface area contributed by atoms with Crippen molar-refractivity contribution in [1.82, 2.24) is 0 Å². The van der Waals surface area contributed by atoms with Crippen LogP contribution in [0.1, 0.15) is 31.6 Å². The minimum absolute atomic E-state index is 0.00657. The third kappa shape index (κ3) is 2.52. The van der Waals surface area contributed by atoms with Crippen LogP contribution in [-0.2, 0) is 4.74 Å². The number of thiophene rings is 1. The number of hydrogen-bond donors (Lipinski definition) is 1. The monoisotopic (exact) mass is 360 g/mol. The standard InChI is InChI=1S/C17H13ClN2O3S/c1-8-12(17(21)22-2)14-15(24-8)13(11(7-19)16(20)23-14)9-3-5-10(18)6-4-9/h3-6,13H,20H2,1-2H3. The van der Waals surface area contributed by atoms with Crippen LogP contribution in [0.5, 0.6) is 5.75 Å². The first-order valence-electron chi connectivity index (χ1n) is 7.02. The van der Waals surface area contributed by atoms with E-state index in [1.54, 1.807) is 19.1 Å². The van der Waals surface area contributed by atoms with Crippen LogP contribution in [0.25, 0.3) is 0 Å². The molecule has 0 fully saturated rings. The number of ether oxygens (including phenoxy) is 2. The average Bonchev–Trinajstić information content (AvgIpc) is 2.89. The molecule has 0 spiro atoms. The van der Waals surface area contributed by atoms with Gasteiger partial charge in [-0.3, -0.25) is 0 Å². The molecule has 0 saturated heterocycles. The zero-order valence-electron chi connectivity index (χ0n) is 12.9. The molecule has 1 unspecified atom stereocenters. The Bertz CT molecular complexity index is 894. The van der Waals surface area contributed by atoms with Gasteiger partial charge in [-0.25, -0.2) is 4.79 Å². The molecule has 1 aliphatic heterocycles. The Morgan fingerprint density at radius 1 is 1.42 bits per heavy atom. The molecule has 7 heteroatoms. The molecule has 2 N–H and O–H groups in total. The summed E-state index contributed by atoms with van der Waals surface area (Å²) in [6.07, 6.45) is 0. The summed E-state index contributed by atoms with van der Waals surface area (Å²) in [6.45, 7) is 1.81. The second-order valence-corrected chi connectivity index (χ2v) is 6.89. The lowest BCUT2D eigenvalue weighted by atomic mass is 9.88. The van der Waals surface area contributed by atoms with E-state index in [1.807, 2.05) is 12.1 Å². The van der Waals surface area contributed by atoms with E-state index in [4.69, 9.17) is 26.8 Å². The number of carbonyl (C=O) groups is 1. The van der Waals surface area contributed by atoms with Crippen molar-refractivity contribution in [2.24, 2.45) is 5.73 Å². The molecule has 1 aliphatic rings. The maximum atomic E-state index is 12.1.